The van der Waals surface area contributed by atoms with Gasteiger partial charge in [-0.15, -0.1) is 0 Å². The van der Waals surface area contributed by atoms with E-state index in [0.717, 1.165) is 19.3 Å². The Morgan fingerprint density at radius 1 is 1.29 bits per heavy atom. The summed E-state index contributed by atoms with van der Waals surface area (Å²) in [6.45, 7) is 0. The van der Waals surface area contributed by atoms with Gasteiger partial charge in [0.25, 0.3) is 0 Å². The molecule has 1 heterocycles. The lowest BCUT2D eigenvalue weighted by Gasteiger charge is -2.26. The lowest BCUT2D eigenvalue weighted by Crippen LogP contribution is -2.19. The summed E-state index contributed by atoms with van der Waals surface area (Å²) < 4.78 is 6.05. The highest BCUT2D eigenvalue weighted by molar-refractivity contribution is 5.98. The molecule has 0 saturated carbocycles. The SMILES string of the molecule is N/C(=N\O)c1cccnc1OC1CCCc2ccccc21. The zero-order valence-corrected chi connectivity index (χ0v) is 11.6. The predicted octanol–water partition coefficient (Wildman–Crippen LogP) is 2.63. The summed E-state index contributed by atoms with van der Waals surface area (Å²) in [4.78, 5) is 4.22. The molecular weight excluding hydrogens is 266 g/mol. The van der Waals surface area contributed by atoms with Crippen molar-refractivity contribution in [1.29, 1.82) is 0 Å². The lowest BCUT2D eigenvalue weighted by molar-refractivity contribution is 0.175. The standard InChI is InChI=1S/C16H17N3O2/c17-15(19-20)13-8-4-10-18-16(13)21-14-9-3-6-11-5-1-2-7-12(11)14/h1-2,4-5,7-8,10,14,20H,3,6,9H2,(H2,17,19). The molecule has 5 heteroatoms. The molecule has 5 nitrogen and oxygen atoms in total. The van der Waals surface area contributed by atoms with Crippen LogP contribution in [0.15, 0.2) is 47.8 Å². The third-order valence-electron chi connectivity index (χ3n) is 3.72. The van der Waals surface area contributed by atoms with Crippen LogP contribution in [0.1, 0.15) is 35.6 Å². The number of nitrogens with two attached hydrogens (primary N) is 1. The van der Waals surface area contributed by atoms with Crippen molar-refractivity contribution >= 4 is 5.84 Å². The second-order valence-corrected chi connectivity index (χ2v) is 5.04. The minimum absolute atomic E-state index is 0.00203. The van der Waals surface area contributed by atoms with Gasteiger partial charge in [0.05, 0.1) is 5.56 Å². The molecule has 0 aliphatic heterocycles. The second kappa shape index (κ2) is 5.83. The van der Waals surface area contributed by atoms with Crippen LogP contribution in [0.3, 0.4) is 0 Å². The van der Waals surface area contributed by atoms with Crippen LogP contribution in [-0.4, -0.2) is 16.0 Å². The number of amidine groups is 1. The Labute approximate surface area is 123 Å². The average Bonchev–Trinajstić information content (AvgIpc) is 2.55. The van der Waals surface area contributed by atoms with Gasteiger partial charge in [0, 0.05) is 6.20 Å². The molecule has 1 aromatic carbocycles. The highest BCUT2D eigenvalue weighted by atomic mass is 16.5. The third kappa shape index (κ3) is 2.67. The van der Waals surface area contributed by atoms with Gasteiger partial charge < -0.3 is 15.7 Å². The second-order valence-electron chi connectivity index (χ2n) is 5.04. The van der Waals surface area contributed by atoms with Crippen molar-refractivity contribution < 1.29 is 9.94 Å². The van der Waals surface area contributed by atoms with E-state index in [2.05, 4.69) is 22.3 Å². The van der Waals surface area contributed by atoms with E-state index in [0.29, 0.717) is 11.4 Å². The summed E-state index contributed by atoms with van der Waals surface area (Å²) >= 11 is 0. The van der Waals surface area contributed by atoms with Crippen LogP contribution < -0.4 is 10.5 Å². The molecule has 0 radical (unpaired) electrons. The number of rotatable bonds is 3. The first-order valence-corrected chi connectivity index (χ1v) is 6.97. The molecule has 1 aromatic heterocycles. The van der Waals surface area contributed by atoms with Crippen molar-refractivity contribution in [2.75, 3.05) is 0 Å². The fourth-order valence-electron chi connectivity index (χ4n) is 2.70. The van der Waals surface area contributed by atoms with E-state index in [4.69, 9.17) is 15.7 Å². The van der Waals surface area contributed by atoms with Crippen molar-refractivity contribution in [2.45, 2.75) is 25.4 Å². The van der Waals surface area contributed by atoms with E-state index in [9.17, 15) is 0 Å². The maximum Gasteiger partial charge on any atom is 0.225 e. The quantitative estimate of drug-likeness (QED) is 0.393. The number of oxime groups is 1. The van der Waals surface area contributed by atoms with Gasteiger partial charge in [0.2, 0.25) is 5.88 Å². The van der Waals surface area contributed by atoms with Gasteiger partial charge in [-0.3, -0.25) is 0 Å². The topological polar surface area (TPSA) is 80.7 Å². The summed E-state index contributed by atoms with van der Waals surface area (Å²) in [6.07, 6.45) is 4.68. The lowest BCUT2D eigenvalue weighted by atomic mass is 9.89. The van der Waals surface area contributed by atoms with Crippen LogP contribution in [-0.2, 0) is 6.42 Å². The summed E-state index contributed by atoms with van der Waals surface area (Å²) in [5.41, 5.74) is 8.69. The van der Waals surface area contributed by atoms with Crippen LogP contribution in [0, 0.1) is 0 Å². The molecule has 108 valence electrons. The van der Waals surface area contributed by atoms with Crippen molar-refractivity contribution in [3.8, 4) is 5.88 Å². The van der Waals surface area contributed by atoms with Gasteiger partial charge in [-0.05, 0) is 42.5 Å². The fraction of sp³-hybridized carbons (Fsp3) is 0.250. The van der Waals surface area contributed by atoms with Crippen LogP contribution in [0.5, 0.6) is 5.88 Å². The summed E-state index contributed by atoms with van der Waals surface area (Å²) in [5.74, 6) is 0.400. The number of benzene rings is 1. The number of aromatic nitrogens is 1. The first-order valence-electron chi connectivity index (χ1n) is 6.97. The molecule has 3 rings (SSSR count). The molecule has 21 heavy (non-hydrogen) atoms. The van der Waals surface area contributed by atoms with Gasteiger partial charge in [-0.2, -0.15) is 0 Å². The van der Waals surface area contributed by atoms with E-state index < -0.39 is 0 Å². The Morgan fingerprint density at radius 3 is 3.00 bits per heavy atom. The van der Waals surface area contributed by atoms with E-state index in [-0.39, 0.29) is 11.9 Å². The first-order chi connectivity index (χ1) is 10.3. The number of pyridine rings is 1. The zero-order valence-electron chi connectivity index (χ0n) is 11.6. The van der Waals surface area contributed by atoms with Gasteiger partial charge in [-0.1, -0.05) is 29.4 Å². The van der Waals surface area contributed by atoms with Crippen LogP contribution >= 0.6 is 0 Å². The molecule has 2 aromatic rings. The molecular formula is C16H17N3O2. The monoisotopic (exact) mass is 283 g/mol. The Bertz CT molecular complexity index is 670. The highest BCUT2D eigenvalue weighted by Gasteiger charge is 2.23. The number of nitrogens with zero attached hydrogens (tertiary/aromatic N) is 2. The van der Waals surface area contributed by atoms with Gasteiger partial charge in [0.1, 0.15) is 6.10 Å². The smallest absolute Gasteiger partial charge is 0.225 e. The number of fused-ring (bicyclic) bond motifs is 1. The average molecular weight is 283 g/mol. The molecule has 0 bridgehead atoms. The first kappa shape index (κ1) is 13.4. The third-order valence-corrected chi connectivity index (χ3v) is 3.72. The van der Waals surface area contributed by atoms with Gasteiger partial charge >= 0.3 is 0 Å². The molecule has 0 amide bonds. The van der Waals surface area contributed by atoms with Gasteiger partial charge in [-0.25, -0.2) is 4.98 Å². The highest BCUT2D eigenvalue weighted by Crippen LogP contribution is 2.33. The molecule has 0 spiro atoms. The fourth-order valence-corrected chi connectivity index (χ4v) is 2.70. The summed E-state index contributed by atoms with van der Waals surface area (Å²) in [7, 11) is 0. The minimum atomic E-state index is -0.0462. The van der Waals surface area contributed by atoms with Crippen molar-refractivity contribution in [3.05, 3.63) is 59.3 Å². The maximum atomic E-state index is 8.86. The van der Waals surface area contributed by atoms with Crippen molar-refractivity contribution in [3.63, 3.8) is 0 Å². The van der Waals surface area contributed by atoms with E-state index in [1.54, 1.807) is 18.3 Å². The molecule has 3 N–H and O–H groups in total. The Balaban J connectivity index is 1.92. The Kier molecular flexibility index (Phi) is 3.73. The molecule has 1 aliphatic carbocycles. The summed E-state index contributed by atoms with van der Waals surface area (Å²) in [5, 5.41) is 11.9. The predicted molar refractivity (Wildman–Crippen MR) is 79.5 cm³/mol. The van der Waals surface area contributed by atoms with E-state index in [1.165, 1.54) is 11.1 Å². The largest absolute Gasteiger partial charge is 0.469 e. The molecule has 1 unspecified atom stereocenters. The number of ether oxygens (including phenoxy) is 1. The van der Waals surface area contributed by atoms with Crippen LogP contribution in [0.2, 0.25) is 0 Å². The zero-order chi connectivity index (χ0) is 14.7. The normalized spacial score (nSPS) is 18.1. The summed E-state index contributed by atoms with van der Waals surface area (Å²) in [6, 6.07) is 11.7. The number of aryl methyl sites for hydroxylation is 1. The Hall–Kier alpha value is -2.56. The van der Waals surface area contributed by atoms with Crippen LogP contribution in [0.4, 0.5) is 0 Å². The van der Waals surface area contributed by atoms with Gasteiger partial charge in [0.15, 0.2) is 5.84 Å². The van der Waals surface area contributed by atoms with E-state index in [1.807, 2.05) is 12.1 Å². The molecule has 1 aliphatic rings. The molecule has 0 fully saturated rings. The van der Waals surface area contributed by atoms with Crippen molar-refractivity contribution in [1.82, 2.24) is 4.98 Å². The van der Waals surface area contributed by atoms with Crippen molar-refractivity contribution in [2.24, 2.45) is 10.9 Å². The molecule has 0 saturated heterocycles. The van der Waals surface area contributed by atoms with E-state index >= 15 is 0 Å². The Morgan fingerprint density at radius 2 is 2.14 bits per heavy atom. The maximum absolute atomic E-state index is 8.86. The molecule has 1 atom stereocenters. The number of hydrogen-bond acceptors (Lipinski definition) is 4. The minimum Gasteiger partial charge on any atom is -0.469 e. The number of hydrogen-bond donors (Lipinski definition) is 2. The van der Waals surface area contributed by atoms with Crippen LogP contribution in [0.25, 0.3) is 0 Å².